The summed E-state index contributed by atoms with van der Waals surface area (Å²) >= 11 is 0. The highest BCUT2D eigenvalue weighted by molar-refractivity contribution is 7.26. The van der Waals surface area contributed by atoms with E-state index in [0.717, 1.165) is 5.44 Å². The summed E-state index contributed by atoms with van der Waals surface area (Å²) in [7, 11) is 2.45. The van der Waals surface area contributed by atoms with E-state index in [1.807, 2.05) is 6.07 Å². The first-order chi connectivity index (χ1) is 4.33. The van der Waals surface area contributed by atoms with Gasteiger partial charge in [-0.3, -0.25) is 4.98 Å². The summed E-state index contributed by atoms with van der Waals surface area (Å²) in [5.74, 6) is 0. The molecule has 3 heteroatoms. The van der Waals surface area contributed by atoms with E-state index in [2.05, 4.69) is 14.2 Å². The number of hydrogen-bond donors (Lipinski definition) is 0. The number of nitrogens with zero attached hydrogens (tertiary/aromatic N) is 2. The highest BCUT2D eigenvalue weighted by atomic mass is 31.0. The summed E-state index contributed by atoms with van der Waals surface area (Å²) < 4.78 is 0. The quantitative estimate of drug-likeness (QED) is 0.485. The van der Waals surface area contributed by atoms with Gasteiger partial charge in [-0.25, -0.2) is 0 Å². The molecule has 1 aromatic rings. The van der Waals surface area contributed by atoms with Gasteiger partial charge in [0.2, 0.25) is 0 Å². The molecule has 1 atom stereocenters. The van der Waals surface area contributed by atoms with Crippen LogP contribution in [0.25, 0.3) is 0 Å². The van der Waals surface area contributed by atoms with Gasteiger partial charge in [0.05, 0.1) is 11.0 Å². The lowest BCUT2D eigenvalue weighted by atomic mass is 10.3. The van der Waals surface area contributed by atoms with Gasteiger partial charge in [-0.1, -0.05) is 9.24 Å². The van der Waals surface area contributed by atoms with E-state index in [9.17, 15) is 0 Å². The maximum Gasteiger partial charge on any atom is 0.101 e. The molecule has 0 aliphatic carbocycles. The number of hydrogen-bond acceptors (Lipinski definition) is 2. The molecule has 0 spiro atoms. The molecular weight excluding hydrogens is 131 g/mol. The SMILES string of the molecule is N#Cc1ccc(P)nc1. The summed E-state index contributed by atoms with van der Waals surface area (Å²) in [6.45, 7) is 0. The standard InChI is InChI=1S/C6H5N2P/c7-3-5-1-2-6(9)8-4-5/h1-2,4H,9H2. The molecule has 9 heavy (non-hydrogen) atoms. The van der Waals surface area contributed by atoms with Crippen molar-refractivity contribution in [1.82, 2.24) is 4.98 Å². The molecule has 44 valence electrons. The van der Waals surface area contributed by atoms with Crippen molar-refractivity contribution in [2.75, 3.05) is 0 Å². The second-order valence-corrected chi connectivity index (χ2v) is 2.18. The minimum atomic E-state index is 0.598. The van der Waals surface area contributed by atoms with Crippen LogP contribution in [0.5, 0.6) is 0 Å². The van der Waals surface area contributed by atoms with E-state index in [-0.39, 0.29) is 0 Å². The van der Waals surface area contributed by atoms with Crippen LogP contribution in [0.4, 0.5) is 0 Å². The van der Waals surface area contributed by atoms with Crippen molar-refractivity contribution in [2.24, 2.45) is 0 Å². The van der Waals surface area contributed by atoms with Gasteiger partial charge in [-0.2, -0.15) is 5.26 Å². The van der Waals surface area contributed by atoms with Gasteiger partial charge >= 0.3 is 0 Å². The molecular formula is C6H5N2P. The molecule has 1 unspecified atom stereocenters. The third kappa shape index (κ3) is 1.48. The topological polar surface area (TPSA) is 36.7 Å². The molecule has 0 aromatic carbocycles. The van der Waals surface area contributed by atoms with Gasteiger partial charge in [0, 0.05) is 6.20 Å². The van der Waals surface area contributed by atoms with Crippen LogP contribution in [0.1, 0.15) is 5.56 Å². The van der Waals surface area contributed by atoms with Crippen molar-refractivity contribution >= 4 is 14.7 Å². The van der Waals surface area contributed by atoms with Gasteiger partial charge in [0.15, 0.2) is 0 Å². The first-order valence-corrected chi connectivity index (χ1v) is 3.02. The second kappa shape index (κ2) is 2.57. The van der Waals surface area contributed by atoms with E-state index < -0.39 is 0 Å². The van der Waals surface area contributed by atoms with E-state index in [1.54, 1.807) is 18.3 Å². The van der Waals surface area contributed by atoms with Crippen LogP contribution in [0.15, 0.2) is 18.3 Å². The molecule has 2 nitrogen and oxygen atoms in total. The monoisotopic (exact) mass is 136 g/mol. The van der Waals surface area contributed by atoms with Gasteiger partial charge in [0.1, 0.15) is 6.07 Å². The summed E-state index contributed by atoms with van der Waals surface area (Å²) in [4.78, 5) is 3.89. The zero-order valence-corrected chi connectivity index (χ0v) is 5.86. The fourth-order valence-corrected chi connectivity index (χ4v) is 0.642. The zero-order chi connectivity index (χ0) is 6.69. The van der Waals surface area contributed by atoms with E-state index in [0.29, 0.717) is 5.56 Å². The molecule has 0 radical (unpaired) electrons. The number of pyridine rings is 1. The van der Waals surface area contributed by atoms with Crippen LogP contribution < -0.4 is 5.44 Å². The Morgan fingerprint density at radius 2 is 2.33 bits per heavy atom. The Balaban J connectivity index is 3.06. The third-order valence-electron chi connectivity index (χ3n) is 0.915. The van der Waals surface area contributed by atoms with Crippen LogP contribution in [0, 0.1) is 11.3 Å². The highest BCUT2D eigenvalue weighted by Gasteiger charge is 1.86. The largest absolute Gasteiger partial charge is 0.256 e. The van der Waals surface area contributed by atoms with Crippen LogP contribution in [0.2, 0.25) is 0 Å². The Labute approximate surface area is 55.7 Å². The fraction of sp³-hybridized carbons (Fsp3) is 0. The molecule has 0 fully saturated rings. The molecule has 0 bridgehead atoms. The summed E-state index contributed by atoms with van der Waals surface area (Å²) in [5, 5.41) is 8.33. The van der Waals surface area contributed by atoms with Crippen molar-refractivity contribution in [3.8, 4) is 6.07 Å². The fourth-order valence-electron chi connectivity index (χ4n) is 0.471. The number of rotatable bonds is 0. The van der Waals surface area contributed by atoms with E-state index >= 15 is 0 Å². The van der Waals surface area contributed by atoms with Gasteiger partial charge < -0.3 is 0 Å². The van der Waals surface area contributed by atoms with Crippen LogP contribution in [-0.4, -0.2) is 4.98 Å². The molecule has 0 N–H and O–H groups in total. The Hall–Kier alpha value is -0.930. The lowest BCUT2D eigenvalue weighted by Gasteiger charge is -1.87. The highest BCUT2D eigenvalue weighted by Crippen LogP contribution is 1.91. The molecule has 0 saturated heterocycles. The van der Waals surface area contributed by atoms with Crippen molar-refractivity contribution < 1.29 is 0 Å². The molecule has 0 amide bonds. The van der Waals surface area contributed by atoms with Gasteiger partial charge in [-0.05, 0) is 12.1 Å². The molecule has 0 aliphatic heterocycles. The van der Waals surface area contributed by atoms with Crippen molar-refractivity contribution in [2.45, 2.75) is 0 Å². The average Bonchev–Trinajstić information content (AvgIpc) is 1.90. The average molecular weight is 136 g/mol. The predicted octanol–water partition coefficient (Wildman–Crippen LogP) is 0.454. The molecule has 0 aliphatic rings. The minimum absolute atomic E-state index is 0.598. The van der Waals surface area contributed by atoms with Crippen LogP contribution in [-0.2, 0) is 0 Å². The third-order valence-corrected chi connectivity index (χ3v) is 1.26. The second-order valence-electron chi connectivity index (χ2n) is 1.58. The molecule has 0 saturated carbocycles. The van der Waals surface area contributed by atoms with E-state index in [1.165, 1.54) is 0 Å². The minimum Gasteiger partial charge on any atom is -0.256 e. The predicted molar refractivity (Wildman–Crippen MR) is 38.3 cm³/mol. The maximum atomic E-state index is 8.33. The Morgan fingerprint density at radius 1 is 1.56 bits per heavy atom. The number of nitriles is 1. The zero-order valence-electron chi connectivity index (χ0n) is 4.70. The van der Waals surface area contributed by atoms with Crippen molar-refractivity contribution in [1.29, 1.82) is 5.26 Å². The molecule has 1 aromatic heterocycles. The van der Waals surface area contributed by atoms with Crippen LogP contribution in [0.3, 0.4) is 0 Å². The first-order valence-electron chi connectivity index (χ1n) is 2.44. The van der Waals surface area contributed by atoms with E-state index in [4.69, 9.17) is 5.26 Å². The lowest BCUT2D eigenvalue weighted by Crippen LogP contribution is -1.94. The van der Waals surface area contributed by atoms with Crippen molar-refractivity contribution in [3.05, 3.63) is 23.9 Å². The Bertz CT molecular complexity index is 234. The Kier molecular flexibility index (Phi) is 1.77. The van der Waals surface area contributed by atoms with Gasteiger partial charge in [-0.15, -0.1) is 0 Å². The molecule has 1 rings (SSSR count). The first kappa shape index (κ1) is 6.19. The molecule has 1 heterocycles. The summed E-state index contributed by atoms with van der Waals surface area (Å²) in [6.07, 6.45) is 1.54. The Morgan fingerprint density at radius 3 is 2.78 bits per heavy atom. The normalized spacial score (nSPS) is 8.44. The maximum absolute atomic E-state index is 8.33. The lowest BCUT2D eigenvalue weighted by molar-refractivity contribution is 1.35. The smallest absolute Gasteiger partial charge is 0.101 e. The summed E-state index contributed by atoms with van der Waals surface area (Å²) in [6, 6.07) is 5.49. The summed E-state index contributed by atoms with van der Waals surface area (Å²) in [5.41, 5.74) is 1.45. The van der Waals surface area contributed by atoms with Crippen molar-refractivity contribution in [3.63, 3.8) is 0 Å². The number of aromatic nitrogens is 1. The van der Waals surface area contributed by atoms with Crippen LogP contribution >= 0.6 is 9.24 Å². The van der Waals surface area contributed by atoms with Gasteiger partial charge in [0.25, 0.3) is 0 Å².